The lowest BCUT2D eigenvalue weighted by Gasteiger charge is -2.20. The van der Waals surface area contributed by atoms with Crippen molar-refractivity contribution in [3.05, 3.63) is 66.5 Å². The minimum Gasteiger partial charge on any atom is -0.508 e. The molecule has 1 aromatic heterocycles. The van der Waals surface area contributed by atoms with Crippen molar-refractivity contribution < 1.29 is 18.3 Å². The Morgan fingerprint density at radius 2 is 1.65 bits per heavy atom. The van der Waals surface area contributed by atoms with E-state index in [0.29, 0.717) is 23.0 Å². The first-order chi connectivity index (χ1) is 12.3. The summed E-state index contributed by atoms with van der Waals surface area (Å²) in [6, 6.07) is 11.5. The van der Waals surface area contributed by atoms with Crippen LogP contribution >= 0.6 is 0 Å². The molecule has 2 N–H and O–H groups in total. The molecule has 3 aromatic rings. The van der Waals surface area contributed by atoms with Crippen LogP contribution in [0, 0.1) is 0 Å². The van der Waals surface area contributed by atoms with Gasteiger partial charge < -0.3 is 15.3 Å². The van der Waals surface area contributed by atoms with Crippen LogP contribution in [0.3, 0.4) is 0 Å². The van der Waals surface area contributed by atoms with Crippen LogP contribution in [0.25, 0.3) is 0 Å². The van der Waals surface area contributed by atoms with Crippen molar-refractivity contribution in [2.24, 2.45) is 0 Å². The van der Waals surface area contributed by atoms with Gasteiger partial charge in [-0.3, -0.25) is 0 Å². The van der Waals surface area contributed by atoms with Gasteiger partial charge in [-0.25, -0.2) is 9.97 Å². The maximum Gasteiger partial charge on any atom is 0.416 e. The van der Waals surface area contributed by atoms with Gasteiger partial charge in [0.25, 0.3) is 0 Å². The summed E-state index contributed by atoms with van der Waals surface area (Å²) in [5.74, 6) is 0.410. The molecule has 5 nitrogen and oxygen atoms in total. The molecular weight excluding hydrogens is 345 g/mol. The second-order valence-electron chi connectivity index (χ2n) is 5.55. The predicted octanol–water partition coefficient (Wildman–Crippen LogP) is 4.71. The van der Waals surface area contributed by atoms with Crippen LogP contribution in [0.1, 0.15) is 5.56 Å². The summed E-state index contributed by atoms with van der Waals surface area (Å²) in [6.07, 6.45) is -1.40. The number of phenolic OH excluding ortho intramolecular Hbond substituents is 1. The Morgan fingerprint density at radius 1 is 0.962 bits per heavy atom. The second-order valence-corrected chi connectivity index (χ2v) is 5.55. The van der Waals surface area contributed by atoms with Gasteiger partial charge in [0.15, 0.2) is 0 Å². The number of hydrogen-bond acceptors (Lipinski definition) is 5. The molecule has 0 saturated heterocycles. The van der Waals surface area contributed by atoms with Gasteiger partial charge >= 0.3 is 6.18 Å². The lowest BCUT2D eigenvalue weighted by molar-refractivity contribution is -0.137. The van der Waals surface area contributed by atoms with Crippen LogP contribution in [-0.2, 0) is 6.18 Å². The number of phenols is 1. The molecule has 0 aliphatic rings. The number of nitrogens with one attached hydrogen (secondary N) is 1. The van der Waals surface area contributed by atoms with E-state index in [1.165, 1.54) is 24.5 Å². The minimum absolute atomic E-state index is 0.107. The fraction of sp³-hybridized carbons (Fsp3) is 0.111. The molecule has 0 bridgehead atoms. The van der Waals surface area contributed by atoms with Crippen LogP contribution < -0.4 is 10.2 Å². The van der Waals surface area contributed by atoms with E-state index >= 15 is 0 Å². The molecule has 0 aliphatic carbocycles. The third kappa shape index (κ3) is 4.02. The Morgan fingerprint density at radius 3 is 2.31 bits per heavy atom. The van der Waals surface area contributed by atoms with E-state index in [0.717, 1.165) is 12.1 Å². The topological polar surface area (TPSA) is 61.3 Å². The summed E-state index contributed by atoms with van der Waals surface area (Å²) in [6.45, 7) is 0. The lowest BCUT2D eigenvalue weighted by Crippen LogP contribution is -2.12. The van der Waals surface area contributed by atoms with Crippen LogP contribution in [0.2, 0.25) is 0 Å². The van der Waals surface area contributed by atoms with Crippen molar-refractivity contribution in [3.8, 4) is 5.75 Å². The maximum atomic E-state index is 12.9. The van der Waals surface area contributed by atoms with Gasteiger partial charge in [0.2, 0.25) is 5.95 Å². The number of alkyl halides is 3. The molecule has 2 aromatic carbocycles. The zero-order valence-corrected chi connectivity index (χ0v) is 13.7. The Bertz CT molecular complexity index is 897. The van der Waals surface area contributed by atoms with E-state index in [9.17, 15) is 18.3 Å². The third-order valence-electron chi connectivity index (χ3n) is 3.69. The molecule has 0 fully saturated rings. The Hall–Kier alpha value is -3.29. The number of hydrogen-bond donors (Lipinski definition) is 2. The van der Waals surface area contributed by atoms with Crippen molar-refractivity contribution in [3.63, 3.8) is 0 Å². The summed E-state index contributed by atoms with van der Waals surface area (Å²) in [5, 5.41) is 12.4. The van der Waals surface area contributed by atoms with Gasteiger partial charge in [0, 0.05) is 24.5 Å². The fourth-order valence-corrected chi connectivity index (χ4v) is 2.31. The molecule has 26 heavy (non-hydrogen) atoms. The molecule has 0 atom stereocenters. The van der Waals surface area contributed by atoms with E-state index in [1.807, 2.05) is 0 Å². The molecule has 134 valence electrons. The highest BCUT2D eigenvalue weighted by Crippen LogP contribution is 2.33. The summed E-state index contributed by atoms with van der Waals surface area (Å²) in [5.41, 5.74) is 0.803. The maximum absolute atomic E-state index is 12.9. The molecule has 3 rings (SSSR count). The average molecular weight is 360 g/mol. The highest BCUT2D eigenvalue weighted by atomic mass is 19.4. The molecule has 8 heteroatoms. The van der Waals surface area contributed by atoms with Crippen LogP contribution in [0.5, 0.6) is 5.75 Å². The SMILES string of the molecule is CN(c1cnc(Nc2cccc(O)c2)nc1)c1cccc(C(F)(F)F)c1. The van der Waals surface area contributed by atoms with Gasteiger partial charge in [-0.2, -0.15) is 13.2 Å². The molecule has 0 aliphatic heterocycles. The summed E-state index contributed by atoms with van der Waals surface area (Å²) in [7, 11) is 1.64. The standard InChI is InChI=1S/C18H15F3N4O/c1-25(14-6-2-4-12(8-14)18(19,20)21)15-10-22-17(23-11-15)24-13-5-3-7-16(26)9-13/h2-11,26H,1H3,(H,22,23,24). The first-order valence-electron chi connectivity index (χ1n) is 7.62. The van der Waals surface area contributed by atoms with E-state index in [-0.39, 0.29) is 5.75 Å². The van der Waals surface area contributed by atoms with Gasteiger partial charge in [0.1, 0.15) is 5.75 Å². The fourth-order valence-electron chi connectivity index (χ4n) is 2.31. The van der Waals surface area contributed by atoms with Gasteiger partial charge in [-0.05, 0) is 30.3 Å². The zero-order chi connectivity index (χ0) is 18.7. The normalized spacial score (nSPS) is 11.2. The van der Waals surface area contributed by atoms with Gasteiger partial charge in [-0.1, -0.05) is 12.1 Å². The molecule has 0 spiro atoms. The van der Waals surface area contributed by atoms with Crippen LogP contribution in [0.15, 0.2) is 60.9 Å². The molecule has 0 amide bonds. The van der Waals surface area contributed by atoms with Crippen LogP contribution in [-0.4, -0.2) is 22.1 Å². The molecule has 0 saturated carbocycles. The average Bonchev–Trinajstić information content (AvgIpc) is 2.61. The summed E-state index contributed by atoms with van der Waals surface area (Å²) >= 11 is 0. The van der Waals surface area contributed by atoms with Crippen molar-refractivity contribution >= 4 is 23.0 Å². The van der Waals surface area contributed by atoms with Crippen molar-refractivity contribution in [1.29, 1.82) is 0 Å². The Balaban J connectivity index is 1.78. The second kappa shape index (κ2) is 6.91. The van der Waals surface area contributed by atoms with E-state index in [1.54, 1.807) is 36.2 Å². The number of nitrogens with zero attached hydrogens (tertiary/aromatic N) is 3. The van der Waals surface area contributed by atoms with Crippen LogP contribution in [0.4, 0.5) is 36.2 Å². The Labute approximate surface area is 147 Å². The zero-order valence-electron chi connectivity index (χ0n) is 13.7. The monoisotopic (exact) mass is 360 g/mol. The Kier molecular flexibility index (Phi) is 4.66. The van der Waals surface area contributed by atoms with Crippen molar-refractivity contribution in [1.82, 2.24) is 9.97 Å². The number of aromatic nitrogens is 2. The number of rotatable bonds is 4. The quantitative estimate of drug-likeness (QED) is 0.705. The summed E-state index contributed by atoms with van der Waals surface area (Å²) in [4.78, 5) is 9.87. The van der Waals surface area contributed by atoms with E-state index < -0.39 is 11.7 Å². The molecule has 0 unspecified atom stereocenters. The minimum atomic E-state index is -4.40. The highest BCUT2D eigenvalue weighted by molar-refractivity contribution is 5.63. The predicted molar refractivity (Wildman–Crippen MR) is 92.9 cm³/mol. The first kappa shape index (κ1) is 17.5. The number of aromatic hydroxyl groups is 1. The largest absolute Gasteiger partial charge is 0.508 e. The number of benzene rings is 2. The van der Waals surface area contributed by atoms with E-state index in [4.69, 9.17) is 0 Å². The molecule has 1 heterocycles. The van der Waals surface area contributed by atoms with Gasteiger partial charge in [-0.15, -0.1) is 0 Å². The first-order valence-corrected chi connectivity index (χ1v) is 7.62. The van der Waals surface area contributed by atoms with Crippen molar-refractivity contribution in [2.75, 3.05) is 17.3 Å². The third-order valence-corrected chi connectivity index (χ3v) is 3.69. The highest BCUT2D eigenvalue weighted by Gasteiger charge is 2.30. The van der Waals surface area contributed by atoms with Gasteiger partial charge in [0.05, 0.1) is 23.6 Å². The number of anilines is 4. The summed E-state index contributed by atoms with van der Waals surface area (Å²) < 4.78 is 38.6. The van der Waals surface area contributed by atoms with Crippen molar-refractivity contribution in [2.45, 2.75) is 6.18 Å². The molecule has 0 radical (unpaired) electrons. The smallest absolute Gasteiger partial charge is 0.416 e. The number of halogens is 3. The lowest BCUT2D eigenvalue weighted by atomic mass is 10.2. The molecular formula is C18H15F3N4O. The van der Waals surface area contributed by atoms with E-state index in [2.05, 4.69) is 15.3 Å².